The largest absolute Gasteiger partial charge is 0.395 e. The molecule has 1 aliphatic heterocycles. The summed E-state index contributed by atoms with van der Waals surface area (Å²) in [7, 11) is 0. The minimum Gasteiger partial charge on any atom is -0.395 e. The second kappa shape index (κ2) is 5.69. The van der Waals surface area contributed by atoms with E-state index in [-0.39, 0.29) is 6.04 Å². The Morgan fingerprint density at radius 1 is 1.56 bits per heavy atom. The lowest BCUT2D eigenvalue weighted by Crippen LogP contribution is -2.31. The van der Waals surface area contributed by atoms with Crippen molar-refractivity contribution in [2.45, 2.75) is 25.8 Å². The summed E-state index contributed by atoms with van der Waals surface area (Å²) in [6, 6.07) is 3.96. The van der Waals surface area contributed by atoms with Gasteiger partial charge in [0.15, 0.2) is 5.82 Å². The highest BCUT2D eigenvalue weighted by Gasteiger charge is 2.21. The van der Waals surface area contributed by atoms with Crippen molar-refractivity contribution in [1.82, 2.24) is 4.98 Å². The summed E-state index contributed by atoms with van der Waals surface area (Å²) in [6.45, 7) is 3.76. The van der Waals surface area contributed by atoms with Gasteiger partial charge in [0.25, 0.3) is 0 Å². The topological polar surface area (TPSA) is 84.0 Å². The van der Waals surface area contributed by atoms with E-state index < -0.39 is 0 Å². The van der Waals surface area contributed by atoms with Crippen LogP contribution in [0.3, 0.4) is 0 Å². The molecule has 1 atom stereocenters. The van der Waals surface area contributed by atoms with Crippen LogP contribution in [0.15, 0.2) is 12.3 Å². The summed E-state index contributed by atoms with van der Waals surface area (Å²) in [5.74, 6) is 1.17. The van der Waals surface area contributed by atoms with E-state index in [1.165, 1.54) is 0 Å². The molecule has 5 nitrogen and oxygen atoms in total. The quantitative estimate of drug-likeness (QED) is 0.849. The molecular weight excluding hydrogens is 228 g/mol. The molecule has 2 rings (SSSR count). The van der Waals surface area contributed by atoms with Gasteiger partial charge in [-0.05, 0) is 31.7 Å². The van der Waals surface area contributed by atoms with Gasteiger partial charge in [0.05, 0.1) is 11.3 Å². The van der Waals surface area contributed by atoms with E-state index in [1.807, 2.05) is 0 Å². The van der Waals surface area contributed by atoms with Crippen molar-refractivity contribution < 1.29 is 4.74 Å². The second-order valence-corrected chi connectivity index (χ2v) is 4.62. The van der Waals surface area contributed by atoms with Crippen LogP contribution in [-0.2, 0) is 4.74 Å². The highest BCUT2D eigenvalue weighted by Crippen LogP contribution is 2.24. The highest BCUT2D eigenvalue weighted by atomic mass is 16.5. The molecular formula is C13H18N4O. The molecule has 0 radical (unpaired) electrons. The summed E-state index contributed by atoms with van der Waals surface area (Å²) < 4.78 is 5.35. The smallest absolute Gasteiger partial charge is 0.150 e. The molecule has 0 aliphatic carbocycles. The van der Waals surface area contributed by atoms with Crippen LogP contribution >= 0.6 is 0 Å². The number of rotatable bonds is 3. The summed E-state index contributed by atoms with van der Waals surface area (Å²) >= 11 is 0. The van der Waals surface area contributed by atoms with Gasteiger partial charge >= 0.3 is 0 Å². The van der Waals surface area contributed by atoms with Crippen LogP contribution in [0.1, 0.15) is 25.3 Å². The second-order valence-electron chi connectivity index (χ2n) is 4.62. The van der Waals surface area contributed by atoms with Crippen LogP contribution < -0.4 is 11.1 Å². The molecule has 3 N–H and O–H groups in total. The van der Waals surface area contributed by atoms with Crippen LogP contribution in [-0.4, -0.2) is 24.2 Å². The van der Waals surface area contributed by atoms with Gasteiger partial charge in [0.2, 0.25) is 0 Å². The number of hydrogen-bond donors (Lipinski definition) is 2. The fourth-order valence-electron chi connectivity index (χ4n) is 2.24. The predicted molar refractivity (Wildman–Crippen MR) is 70.0 cm³/mol. The van der Waals surface area contributed by atoms with Gasteiger partial charge in [-0.15, -0.1) is 0 Å². The normalized spacial score (nSPS) is 18.0. The minimum absolute atomic E-state index is 0.276. The Morgan fingerprint density at radius 3 is 2.94 bits per heavy atom. The molecule has 1 aromatic heterocycles. The highest BCUT2D eigenvalue weighted by molar-refractivity contribution is 5.69. The third kappa shape index (κ3) is 2.71. The molecule has 96 valence electrons. The van der Waals surface area contributed by atoms with Gasteiger partial charge in [-0.25, -0.2) is 4.98 Å². The van der Waals surface area contributed by atoms with E-state index in [2.05, 4.69) is 23.3 Å². The van der Waals surface area contributed by atoms with E-state index in [0.717, 1.165) is 26.1 Å². The molecule has 5 heteroatoms. The van der Waals surface area contributed by atoms with Crippen LogP contribution in [0.2, 0.25) is 0 Å². The minimum atomic E-state index is 0.276. The molecule has 1 saturated heterocycles. The fourth-order valence-corrected chi connectivity index (χ4v) is 2.24. The Balaban J connectivity index is 2.07. The van der Waals surface area contributed by atoms with Crippen molar-refractivity contribution in [1.29, 1.82) is 5.26 Å². The number of nitrogens with zero attached hydrogens (tertiary/aromatic N) is 2. The van der Waals surface area contributed by atoms with Crippen LogP contribution in [0.4, 0.5) is 11.5 Å². The van der Waals surface area contributed by atoms with Crippen LogP contribution in [0.5, 0.6) is 0 Å². The van der Waals surface area contributed by atoms with Gasteiger partial charge in [0.1, 0.15) is 6.07 Å². The van der Waals surface area contributed by atoms with Gasteiger partial charge in [-0.3, -0.25) is 0 Å². The molecule has 1 unspecified atom stereocenters. The molecule has 1 aromatic rings. The Kier molecular flexibility index (Phi) is 4.00. The predicted octanol–water partition coefficient (Wildman–Crippen LogP) is 1.76. The molecule has 1 aliphatic rings. The van der Waals surface area contributed by atoms with Crippen molar-refractivity contribution in [2.75, 3.05) is 24.3 Å². The van der Waals surface area contributed by atoms with Crippen LogP contribution in [0.25, 0.3) is 0 Å². The fraction of sp³-hybridized carbons (Fsp3) is 0.538. The Labute approximate surface area is 107 Å². The molecule has 0 saturated carbocycles. The Morgan fingerprint density at radius 2 is 2.28 bits per heavy atom. The number of anilines is 2. The number of nitrogens with one attached hydrogen (secondary N) is 1. The van der Waals surface area contributed by atoms with E-state index in [9.17, 15) is 0 Å². The summed E-state index contributed by atoms with van der Waals surface area (Å²) in [4.78, 5) is 4.20. The third-order valence-corrected chi connectivity index (χ3v) is 3.45. The maximum atomic E-state index is 8.92. The van der Waals surface area contributed by atoms with Gasteiger partial charge in [0, 0.05) is 25.5 Å². The molecule has 1 fully saturated rings. The number of hydrogen-bond acceptors (Lipinski definition) is 5. The molecule has 0 bridgehead atoms. The lowest BCUT2D eigenvalue weighted by atomic mass is 9.93. The first kappa shape index (κ1) is 12.7. The average molecular weight is 246 g/mol. The van der Waals surface area contributed by atoms with Crippen molar-refractivity contribution in [3.63, 3.8) is 0 Å². The average Bonchev–Trinajstić information content (AvgIpc) is 2.42. The molecule has 0 spiro atoms. The molecule has 0 amide bonds. The SMILES string of the molecule is CC(Nc1nccc(C#N)c1N)C1CCOCC1. The zero-order valence-corrected chi connectivity index (χ0v) is 10.5. The molecule has 2 heterocycles. The summed E-state index contributed by atoms with van der Waals surface area (Å²) in [5, 5.41) is 12.2. The maximum Gasteiger partial charge on any atom is 0.150 e. The van der Waals surface area contributed by atoms with Crippen molar-refractivity contribution in [3.8, 4) is 6.07 Å². The first-order valence-electron chi connectivity index (χ1n) is 6.21. The Hall–Kier alpha value is -1.80. The maximum absolute atomic E-state index is 8.92. The Bertz CT molecular complexity index is 449. The number of nitrogens with two attached hydrogens (primary N) is 1. The van der Waals surface area contributed by atoms with Gasteiger partial charge in [-0.1, -0.05) is 0 Å². The van der Waals surface area contributed by atoms with Crippen molar-refractivity contribution >= 4 is 11.5 Å². The first-order valence-corrected chi connectivity index (χ1v) is 6.21. The number of pyridine rings is 1. The van der Waals surface area contributed by atoms with Crippen molar-refractivity contribution in [3.05, 3.63) is 17.8 Å². The van der Waals surface area contributed by atoms with E-state index in [4.69, 9.17) is 15.7 Å². The van der Waals surface area contributed by atoms with E-state index in [0.29, 0.717) is 23.0 Å². The zero-order valence-electron chi connectivity index (χ0n) is 10.5. The zero-order chi connectivity index (χ0) is 13.0. The summed E-state index contributed by atoms with van der Waals surface area (Å²) in [5.41, 5.74) is 6.79. The lowest BCUT2D eigenvalue weighted by Gasteiger charge is -2.29. The standard InChI is InChI=1S/C13H18N4O/c1-9(10-3-6-18-7-4-10)17-13-12(15)11(8-14)2-5-16-13/h2,5,9-10H,3-4,6-7,15H2,1H3,(H,16,17). The number of nitrogen functional groups attached to an aromatic ring is 1. The number of aromatic nitrogens is 1. The molecule has 18 heavy (non-hydrogen) atoms. The van der Waals surface area contributed by atoms with Crippen molar-refractivity contribution in [2.24, 2.45) is 5.92 Å². The monoisotopic (exact) mass is 246 g/mol. The first-order chi connectivity index (χ1) is 8.72. The molecule has 0 aromatic carbocycles. The number of ether oxygens (including phenoxy) is 1. The van der Waals surface area contributed by atoms with E-state index in [1.54, 1.807) is 12.3 Å². The van der Waals surface area contributed by atoms with Gasteiger partial charge in [-0.2, -0.15) is 5.26 Å². The van der Waals surface area contributed by atoms with Gasteiger partial charge < -0.3 is 15.8 Å². The van der Waals surface area contributed by atoms with E-state index >= 15 is 0 Å². The van der Waals surface area contributed by atoms with Crippen LogP contribution in [0, 0.1) is 17.2 Å². The number of nitriles is 1. The third-order valence-electron chi connectivity index (χ3n) is 3.45. The lowest BCUT2D eigenvalue weighted by molar-refractivity contribution is 0.0622. The summed E-state index contributed by atoms with van der Waals surface area (Å²) in [6.07, 6.45) is 3.70.